The molecule has 1 amide bonds. The maximum atomic E-state index is 14.3. The van der Waals surface area contributed by atoms with Crippen molar-refractivity contribution in [3.8, 4) is 5.75 Å². The molecule has 181 valence electrons. The molecule has 36 heavy (non-hydrogen) atoms. The minimum Gasteiger partial charge on any atom is -0.497 e. The first kappa shape index (κ1) is 28.3. The first-order valence-electron chi connectivity index (χ1n) is 12.0. The molecule has 4 rings (SSSR count). The van der Waals surface area contributed by atoms with Crippen LogP contribution in [0.1, 0.15) is 24.5 Å². The van der Waals surface area contributed by atoms with E-state index in [1.54, 1.807) is 7.11 Å². The van der Waals surface area contributed by atoms with Crippen LogP contribution < -0.4 is 26.0 Å². The second-order valence-corrected chi connectivity index (χ2v) is 12.4. The summed E-state index contributed by atoms with van der Waals surface area (Å²) in [5, 5.41) is 6.96. The van der Waals surface area contributed by atoms with Crippen molar-refractivity contribution >= 4 is 34.8 Å². The Morgan fingerprint density at radius 1 is 0.778 bits per heavy atom. The molecule has 5 heteroatoms. The van der Waals surface area contributed by atoms with Crippen molar-refractivity contribution in [2.45, 2.75) is 32.9 Å². The van der Waals surface area contributed by atoms with Gasteiger partial charge in [0, 0.05) is 38.4 Å². The van der Waals surface area contributed by atoms with Crippen molar-refractivity contribution < 1.29 is 42.2 Å². The topological polar surface area (TPSA) is 38.3 Å². The Bertz CT molecular complexity index is 1160. The van der Waals surface area contributed by atoms with E-state index in [0.29, 0.717) is 6.42 Å². The standard InChI is InChI=1S/C31H32NO2P.Y/c1-5-29(31(33)32-30-23(2)21-25(34-4)22-24(30)3)35(26-15-9-6-10-16-26,27-17-11-7-12-18-27)28-19-13-8-14-20-28;/h6-22,29H,5H2,1-4H3;/p+1. The van der Waals surface area contributed by atoms with Gasteiger partial charge in [-0.25, -0.2) is 0 Å². The Morgan fingerprint density at radius 3 is 1.50 bits per heavy atom. The van der Waals surface area contributed by atoms with Crippen LogP contribution in [0.5, 0.6) is 5.75 Å². The number of hydrogen-bond acceptors (Lipinski definition) is 2. The van der Waals surface area contributed by atoms with Gasteiger partial charge in [0.25, 0.3) is 5.91 Å². The number of nitrogens with one attached hydrogen (secondary N) is 1. The average molecular weight is 571 g/mol. The summed E-state index contributed by atoms with van der Waals surface area (Å²) in [5.74, 6) is 0.846. The zero-order valence-corrected chi connectivity index (χ0v) is 25.2. The molecule has 1 atom stereocenters. The van der Waals surface area contributed by atoms with E-state index in [1.165, 1.54) is 15.9 Å². The smallest absolute Gasteiger partial charge is 0.266 e. The van der Waals surface area contributed by atoms with Crippen molar-refractivity contribution in [1.82, 2.24) is 0 Å². The number of carbonyl (C=O) groups is 1. The number of aryl methyl sites for hydroxylation is 2. The first-order valence-corrected chi connectivity index (χ1v) is 13.9. The van der Waals surface area contributed by atoms with E-state index in [4.69, 9.17) is 4.74 Å². The summed E-state index contributed by atoms with van der Waals surface area (Å²) < 4.78 is 5.42. The molecule has 1 unspecified atom stereocenters. The number of hydrogen-bond donors (Lipinski definition) is 1. The molecule has 4 aromatic rings. The molecule has 0 bridgehead atoms. The third-order valence-corrected chi connectivity index (χ3v) is 11.5. The molecule has 0 saturated heterocycles. The van der Waals surface area contributed by atoms with Gasteiger partial charge in [-0.3, -0.25) is 4.79 Å². The molecule has 0 fully saturated rings. The molecule has 0 aromatic heterocycles. The Kier molecular flexibility index (Phi) is 10.0. The molecule has 0 heterocycles. The molecule has 3 nitrogen and oxygen atoms in total. The number of ether oxygens (including phenoxy) is 1. The molecular weight excluding hydrogens is 538 g/mol. The van der Waals surface area contributed by atoms with Crippen molar-refractivity contribution in [3.63, 3.8) is 0 Å². The minimum atomic E-state index is -2.34. The Morgan fingerprint density at radius 2 is 1.17 bits per heavy atom. The average Bonchev–Trinajstić information content (AvgIpc) is 2.90. The van der Waals surface area contributed by atoms with Gasteiger partial charge in [0.2, 0.25) is 0 Å². The predicted molar refractivity (Wildman–Crippen MR) is 150 cm³/mol. The van der Waals surface area contributed by atoms with Crippen LogP contribution in [0.25, 0.3) is 0 Å². The van der Waals surface area contributed by atoms with E-state index in [0.717, 1.165) is 22.6 Å². The van der Waals surface area contributed by atoms with Gasteiger partial charge in [0.05, 0.1) is 7.11 Å². The van der Waals surface area contributed by atoms with E-state index >= 15 is 0 Å². The van der Waals surface area contributed by atoms with Crippen molar-refractivity contribution in [1.29, 1.82) is 0 Å². The normalized spacial score (nSPS) is 11.8. The Hall–Kier alpha value is -2.32. The molecule has 0 aliphatic heterocycles. The maximum absolute atomic E-state index is 14.3. The number of carbonyl (C=O) groups excluding carboxylic acids is 1. The van der Waals surface area contributed by atoms with Crippen LogP contribution >= 0.6 is 7.26 Å². The largest absolute Gasteiger partial charge is 0.497 e. The number of methoxy groups -OCH3 is 1. The van der Waals surface area contributed by atoms with Gasteiger partial charge in [-0.2, -0.15) is 0 Å². The van der Waals surface area contributed by atoms with Crippen molar-refractivity contribution in [2.75, 3.05) is 12.4 Å². The number of anilines is 1. The molecule has 1 radical (unpaired) electrons. The summed E-state index contributed by atoms with van der Waals surface area (Å²) in [7, 11) is -0.674. The fourth-order valence-electron chi connectivity index (χ4n) is 5.06. The van der Waals surface area contributed by atoms with E-state index in [1.807, 2.05) is 44.2 Å². The van der Waals surface area contributed by atoms with Gasteiger partial charge in [0.1, 0.15) is 28.9 Å². The second kappa shape index (κ2) is 12.8. The summed E-state index contributed by atoms with van der Waals surface area (Å²) in [6, 6.07) is 35.7. The monoisotopic (exact) mass is 571 g/mol. The van der Waals surface area contributed by atoms with Crippen LogP contribution in [0, 0.1) is 13.8 Å². The van der Waals surface area contributed by atoms with Gasteiger partial charge < -0.3 is 10.1 Å². The molecular formula is C31H33NO2PY+. The van der Waals surface area contributed by atoms with Crippen LogP contribution in [0.4, 0.5) is 5.69 Å². The second-order valence-electron chi connectivity index (χ2n) is 8.78. The van der Waals surface area contributed by atoms with Crippen LogP contribution in [-0.4, -0.2) is 18.7 Å². The fourth-order valence-corrected chi connectivity index (χ4v) is 9.92. The van der Waals surface area contributed by atoms with Crippen LogP contribution in [0.2, 0.25) is 0 Å². The summed E-state index contributed by atoms with van der Waals surface area (Å²) in [5.41, 5.74) is 2.61. The zero-order valence-electron chi connectivity index (χ0n) is 21.4. The summed E-state index contributed by atoms with van der Waals surface area (Å²) in [6.07, 6.45) is 0.715. The maximum Gasteiger partial charge on any atom is 0.266 e. The van der Waals surface area contributed by atoms with E-state index in [9.17, 15) is 4.79 Å². The molecule has 0 spiro atoms. The number of rotatable bonds is 8. The SMILES string of the molecule is CCC(C(=O)Nc1c(C)cc(OC)cc1C)[P+](c1ccccc1)(c1ccccc1)c1ccccc1.[Y]. The summed E-state index contributed by atoms with van der Waals surface area (Å²) in [6.45, 7) is 6.15. The molecule has 4 aromatic carbocycles. The van der Waals surface area contributed by atoms with E-state index < -0.39 is 7.26 Å². The van der Waals surface area contributed by atoms with Crippen LogP contribution in [0.3, 0.4) is 0 Å². The number of amides is 1. The molecule has 0 aliphatic rings. The Labute approximate surface area is 240 Å². The quantitative estimate of drug-likeness (QED) is 0.263. The van der Waals surface area contributed by atoms with Gasteiger partial charge in [0.15, 0.2) is 5.66 Å². The molecule has 0 saturated carbocycles. The van der Waals surface area contributed by atoms with Gasteiger partial charge in [-0.1, -0.05) is 61.5 Å². The van der Waals surface area contributed by atoms with Crippen molar-refractivity contribution in [2.24, 2.45) is 0 Å². The summed E-state index contributed by atoms with van der Waals surface area (Å²) >= 11 is 0. The van der Waals surface area contributed by atoms with E-state index in [-0.39, 0.29) is 44.3 Å². The summed E-state index contributed by atoms with van der Waals surface area (Å²) in [4.78, 5) is 14.3. The Balaban J connectivity index is 0.00000361. The van der Waals surface area contributed by atoms with E-state index in [2.05, 4.69) is 85.0 Å². The minimum absolute atomic E-state index is 0. The van der Waals surface area contributed by atoms with Gasteiger partial charge >= 0.3 is 0 Å². The molecule has 0 aliphatic carbocycles. The number of benzene rings is 4. The fraction of sp³-hybridized carbons (Fsp3) is 0.194. The van der Waals surface area contributed by atoms with Gasteiger partial charge in [-0.05, 0) is 79.9 Å². The van der Waals surface area contributed by atoms with Crippen LogP contribution in [-0.2, 0) is 37.5 Å². The molecule has 1 N–H and O–H groups in total. The first-order chi connectivity index (χ1) is 17.0. The third-order valence-electron chi connectivity index (χ3n) is 6.64. The van der Waals surface area contributed by atoms with Crippen LogP contribution in [0.15, 0.2) is 103 Å². The third kappa shape index (κ3) is 5.49. The van der Waals surface area contributed by atoms with Gasteiger partial charge in [-0.15, -0.1) is 0 Å². The van der Waals surface area contributed by atoms with Crippen molar-refractivity contribution in [3.05, 3.63) is 114 Å². The zero-order chi connectivity index (χ0) is 24.8. The predicted octanol–water partition coefficient (Wildman–Crippen LogP) is 6.02.